The van der Waals surface area contributed by atoms with E-state index in [2.05, 4.69) is 14.8 Å². The lowest BCUT2D eigenvalue weighted by molar-refractivity contribution is -0.0549. The molecule has 0 bridgehead atoms. The third-order valence-corrected chi connectivity index (χ3v) is 5.15. The van der Waals surface area contributed by atoms with Crippen molar-refractivity contribution in [3.05, 3.63) is 33.2 Å². The second-order valence-corrected chi connectivity index (χ2v) is 7.38. The lowest BCUT2D eigenvalue weighted by atomic mass is 10.0. The van der Waals surface area contributed by atoms with E-state index in [4.69, 9.17) is 4.74 Å². The predicted octanol–water partition coefficient (Wildman–Crippen LogP) is 0.651. The number of aryl methyl sites for hydroxylation is 1. The highest BCUT2D eigenvalue weighted by molar-refractivity contribution is 5.23. The van der Waals surface area contributed by atoms with Gasteiger partial charge in [-0.1, -0.05) is 0 Å². The van der Waals surface area contributed by atoms with Gasteiger partial charge in [0, 0.05) is 49.2 Å². The Morgan fingerprint density at radius 3 is 2.75 bits per heavy atom. The third-order valence-electron chi connectivity index (χ3n) is 5.15. The molecule has 0 aliphatic carbocycles. The number of hydrogen-bond donors (Lipinski definition) is 2. The van der Waals surface area contributed by atoms with Crippen molar-refractivity contribution in [1.82, 2.24) is 14.8 Å². The average Bonchev–Trinajstić information content (AvgIpc) is 2.97. The summed E-state index contributed by atoms with van der Waals surface area (Å²) in [6.45, 7) is 9.42. The number of hydrogen-bond acceptors (Lipinski definition) is 5. The molecule has 2 N–H and O–H groups in total. The molecule has 2 saturated heterocycles. The number of pyridine rings is 1. The van der Waals surface area contributed by atoms with E-state index in [1.807, 2.05) is 13.8 Å². The molecular formula is C18H29N3O3. The average molecular weight is 335 g/mol. The summed E-state index contributed by atoms with van der Waals surface area (Å²) >= 11 is 0. The second kappa shape index (κ2) is 7.35. The fourth-order valence-corrected chi connectivity index (χ4v) is 3.77. The molecule has 2 aliphatic heterocycles. The molecule has 2 fully saturated rings. The Bertz CT molecular complexity index is 624. The summed E-state index contributed by atoms with van der Waals surface area (Å²) < 4.78 is 5.67. The number of aliphatic hydroxyl groups is 1. The van der Waals surface area contributed by atoms with Gasteiger partial charge >= 0.3 is 0 Å². The van der Waals surface area contributed by atoms with Crippen molar-refractivity contribution in [2.24, 2.45) is 0 Å². The summed E-state index contributed by atoms with van der Waals surface area (Å²) in [5.41, 5.74) is 1.68. The Hall–Kier alpha value is -1.21. The maximum absolute atomic E-state index is 12.1. The van der Waals surface area contributed by atoms with Crippen LogP contribution in [0.4, 0.5) is 0 Å². The standard InChI is InChI=1S/C18H29N3O3/c1-14-9-19-16(15(2)17(14)22)10-21-7-8-24-13-18(23,12-21)11-20-5-3-4-6-20/h9,23H,3-8,10-13H2,1-2H3,(H,19,22). The zero-order valence-electron chi connectivity index (χ0n) is 14.8. The molecule has 0 aromatic carbocycles. The Balaban J connectivity index is 1.70. The monoisotopic (exact) mass is 335 g/mol. The van der Waals surface area contributed by atoms with E-state index < -0.39 is 5.60 Å². The summed E-state index contributed by atoms with van der Waals surface area (Å²) in [4.78, 5) is 19.9. The van der Waals surface area contributed by atoms with E-state index in [9.17, 15) is 9.90 Å². The lowest BCUT2D eigenvalue weighted by Crippen LogP contribution is -2.51. The number of aromatic nitrogens is 1. The Kier molecular flexibility index (Phi) is 5.39. The van der Waals surface area contributed by atoms with Gasteiger partial charge in [0.05, 0.1) is 13.2 Å². The molecule has 3 heterocycles. The first-order valence-electron chi connectivity index (χ1n) is 8.89. The smallest absolute Gasteiger partial charge is 0.187 e. The van der Waals surface area contributed by atoms with Gasteiger partial charge in [0.15, 0.2) is 5.43 Å². The van der Waals surface area contributed by atoms with Crippen molar-refractivity contribution in [3.8, 4) is 0 Å². The number of β-amino-alcohol motifs (C(OH)–C–C–N with tert-alkyl or cyclic N) is 1. The van der Waals surface area contributed by atoms with Crippen LogP contribution in [0.1, 0.15) is 29.7 Å². The first-order valence-corrected chi connectivity index (χ1v) is 8.89. The molecule has 6 heteroatoms. The fraction of sp³-hybridized carbons (Fsp3) is 0.722. The van der Waals surface area contributed by atoms with Gasteiger partial charge < -0.3 is 19.7 Å². The summed E-state index contributed by atoms with van der Waals surface area (Å²) in [6, 6.07) is 0. The van der Waals surface area contributed by atoms with Gasteiger partial charge in [-0.15, -0.1) is 0 Å². The molecule has 3 rings (SSSR count). The Morgan fingerprint density at radius 2 is 2.00 bits per heavy atom. The quantitative estimate of drug-likeness (QED) is 0.846. The molecule has 0 radical (unpaired) electrons. The molecule has 134 valence electrons. The summed E-state index contributed by atoms with van der Waals surface area (Å²) in [6.07, 6.45) is 4.20. The van der Waals surface area contributed by atoms with Gasteiger partial charge in [0.1, 0.15) is 5.60 Å². The predicted molar refractivity (Wildman–Crippen MR) is 93.3 cm³/mol. The zero-order chi connectivity index (χ0) is 17.2. The molecule has 0 saturated carbocycles. The van der Waals surface area contributed by atoms with Gasteiger partial charge in [-0.2, -0.15) is 0 Å². The Labute approximate surface area is 143 Å². The Morgan fingerprint density at radius 1 is 1.25 bits per heavy atom. The van der Waals surface area contributed by atoms with Crippen LogP contribution in [0.25, 0.3) is 0 Å². The first kappa shape index (κ1) is 17.6. The highest BCUT2D eigenvalue weighted by atomic mass is 16.5. The maximum Gasteiger partial charge on any atom is 0.187 e. The minimum Gasteiger partial charge on any atom is -0.385 e. The molecule has 1 unspecified atom stereocenters. The van der Waals surface area contributed by atoms with Crippen molar-refractivity contribution in [2.75, 3.05) is 45.9 Å². The molecule has 1 aromatic heterocycles. The molecule has 1 aromatic rings. The number of likely N-dealkylation sites (tertiary alicyclic amines) is 1. The fourth-order valence-electron chi connectivity index (χ4n) is 3.77. The highest BCUT2D eigenvalue weighted by Crippen LogP contribution is 2.19. The van der Waals surface area contributed by atoms with E-state index in [0.717, 1.165) is 36.5 Å². The zero-order valence-corrected chi connectivity index (χ0v) is 14.8. The molecule has 1 atom stereocenters. The van der Waals surface area contributed by atoms with E-state index in [-0.39, 0.29) is 5.43 Å². The van der Waals surface area contributed by atoms with Crippen molar-refractivity contribution >= 4 is 0 Å². The van der Waals surface area contributed by atoms with Crippen LogP contribution in [0.15, 0.2) is 11.0 Å². The molecular weight excluding hydrogens is 306 g/mol. The number of nitrogens with zero attached hydrogens (tertiary/aromatic N) is 2. The summed E-state index contributed by atoms with van der Waals surface area (Å²) in [5.74, 6) is 0. The maximum atomic E-state index is 12.1. The highest BCUT2D eigenvalue weighted by Gasteiger charge is 2.35. The van der Waals surface area contributed by atoms with Crippen LogP contribution in [0.3, 0.4) is 0 Å². The van der Waals surface area contributed by atoms with Gasteiger partial charge in [-0.25, -0.2) is 0 Å². The van der Waals surface area contributed by atoms with Crippen molar-refractivity contribution in [3.63, 3.8) is 0 Å². The number of nitrogens with one attached hydrogen (secondary N) is 1. The van der Waals surface area contributed by atoms with Crippen molar-refractivity contribution < 1.29 is 9.84 Å². The van der Waals surface area contributed by atoms with Crippen LogP contribution in [-0.4, -0.2) is 71.4 Å². The van der Waals surface area contributed by atoms with Crippen molar-refractivity contribution in [1.29, 1.82) is 0 Å². The van der Waals surface area contributed by atoms with Gasteiger partial charge in [0.2, 0.25) is 0 Å². The number of ether oxygens (including phenoxy) is 1. The molecule has 0 amide bonds. The van der Waals surface area contributed by atoms with Crippen LogP contribution in [-0.2, 0) is 11.3 Å². The second-order valence-electron chi connectivity index (χ2n) is 7.38. The molecule has 6 nitrogen and oxygen atoms in total. The van der Waals surface area contributed by atoms with Gasteiger partial charge in [-0.05, 0) is 39.8 Å². The van der Waals surface area contributed by atoms with Crippen LogP contribution >= 0.6 is 0 Å². The van der Waals surface area contributed by atoms with Crippen LogP contribution in [0, 0.1) is 13.8 Å². The van der Waals surface area contributed by atoms with Crippen molar-refractivity contribution in [2.45, 2.75) is 38.8 Å². The van der Waals surface area contributed by atoms with Crippen LogP contribution < -0.4 is 5.43 Å². The normalized spacial score (nSPS) is 26.6. The van der Waals surface area contributed by atoms with Crippen LogP contribution in [0.2, 0.25) is 0 Å². The SMILES string of the molecule is Cc1c[nH]c(CN2CCOCC(O)(CN3CCCC3)C2)c(C)c1=O. The van der Waals surface area contributed by atoms with Crippen LogP contribution in [0.5, 0.6) is 0 Å². The molecule has 24 heavy (non-hydrogen) atoms. The first-order chi connectivity index (χ1) is 11.5. The molecule has 0 spiro atoms. The topological polar surface area (TPSA) is 68.8 Å². The largest absolute Gasteiger partial charge is 0.385 e. The number of H-pyrrole nitrogens is 1. The number of rotatable bonds is 4. The van der Waals surface area contributed by atoms with E-state index in [0.29, 0.717) is 32.8 Å². The third kappa shape index (κ3) is 4.06. The van der Waals surface area contributed by atoms with E-state index in [1.54, 1.807) is 6.20 Å². The molecule has 2 aliphatic rings. The minimum atomic E-state index is -0.847. The summed E-state index contributed by atoms with van der Waals surface area (Å²) in [5, 5.41) is 11.0. The summed E-state index contributed by atoms with van der Waals surface area (Å²) in [7, 11) is 0. The minimum absolute atomic E-state index is 0.0992. The van der Waals surface area contributed by atoms with E-state index in [1.165, 1.54) is 12.8 Å². The van der Waals surface area contributed by atoms with E-state index >= 15 is 0 Å². The van der Waals surface area contributed by atoms with Gasteiger partial charge in [0.25, 0.3) is 0 Å². The lowest BCUT2D eigenvalue weighted by Gasteiger charge is -2.34. The number of aromatic amines is 1. The van der Waals surface area contributed by atoms with Gasteiger partial charge in [-0.3, -0.25) is 9.69 Å².